The topological polar surface area (TPSA) is 101 Å². The van der Waals surface area contributed by atoms with Gasteiger partial charge < -0.3 is 4.90 Å². The third kappa shape index (κ3) is 4.63. The standard InChI is InChI=1S/C15H19BrFN5O2S/c16-12-7-11-14(8-13(12)17)19-9-20-15(11)22-5-2-10(3-6-22)1-4-21-25(18,23)24/h7-10,21H,1-6H2,(H2,18,23,24). The van der Waals surface area contributed by atoms with Crippen molar-refractivity contribution < 1.29 is 12.8 Å². The second-order valence-corrected chi connectivity index (χ2v) is 8.37. The zero-order valence-electron chi connectivity index (χ0n) is 13.5. The lowest BCUT2D eigenvalue weighted by Gasteiger charge is -2.33. The summed E-state index contributed by atoms with van der Waals surface area (Å²) in [6, 6.07) is 3.11. The highest BCUT2D eigenvalue weighted by Gasteiger charge is 2.22. The zero-order chi connectivity index (χ0) is 18.0. The molecule has 1 fully saturated rings. The first kappa shape index (κ1) is 18.4. The van der Waals surface area contributed by atoms with Gasteiger partial charge in [0.1, 0.15) is 18.0 Å². The Balaban J connectivity index is 1.67. The van der Waals surface area contributed by atoms with Crippen LogP contribution in [0.1, 0.15) is 19.3 Å². The molecule has 0 atom stereocenters. The van der Waals surface area contributed by atoms with Gasteiger partial charge in [-0.25, -0.2) is 24.2 Å². The van der Waals surface area contributed by atoms with Gasteiger partial charge in [-0.2, -0.15) is 8.42 Å². The Kier molecular flexibility index (Phi) is 5.52. The fourth-order valence-corrected chi connectivity index (χ4v) is 3.87. The first-order valence-corrected chi connectivity index (χ1v) is 10.3. The molecule has 25 heavy (non-hydrogen) atoms. The Morgan fingerprint density at radius 2 is 2.04 bits per heavy atom. The average molecular weight is 432 g/mol. The molecule has 1 aromatic carbocycles. The van der Waals surface area contributed by atoms with Gasteiger partial charge in [-0.15, -0.1) is 0 Å². The van der Waals surface area contributed by atoms with E-state index >= 15 is 0 Å². The lowest BCUT2D eigenvalue weighted by Crippen LogP contribution is -2.37. The van der Waals surface area contributed by atoms with E-state index in [0.29, 0.717) is 22.5 Å². The van der Waals surface area contributed by atoms with Crippen LogP contribution >= 0.6 is 15.9 Å². The van der Waals surface area contributed by atoms with Gasteiger partial charge in [-0.05, 0) is 47.2 Å². The Bertz CT molecular complexity index is 872. The Morgan fingerprint density at radius 1 is 1.32 bits per heavy atom. The van der Waals surface area contributed by atoms with Gasteiger partial charge >= 0.3 is 0 Å². The number of nitrogens with two attached hydrogens (primary N) is 1. The monoisotopic (exact) mass is 431 g/mol. The van der Waals surface area contributed by atoms with Crippen molar-refractivity contribution in [2.24, 2.45) is 11.1 Å². The summed E-state index contributed by atoms with van der Waals surface area (Å²) < 4.78 is 38.2. The van der Waals surface area contributed by atoms with Crippen LogP contribution in [-0.2, 0) is 10.2 Å². The number of rotatable bonds is 5. The summed E-state index contributed by atoms with van der Waals surface area (Å²) in [5, 5.41) is 5.74. The molecule has 0 bridgehead atoms. The number of nitrogens with one attached hydrogen (secondary N) is 1. The lowest BCUT2D eigenvalue weighted by atomic mass is 9.93. The molecule has 0 spiro atoms. The summed E-state index contributed by atoms with van der Waals surface area (Å²) >= 11 is 3.21. The molecule has 10 heteroatoms. The maximum atomic E-state index is 13.7. The summed E-state index contributed by atoms with van der Waals surface area (Å²) in [7, 11) is -3.62. The van der Waals surface area contributed by atoms with Gasteiger partial charge in [0.25, 0.3) is 10.2 Å². The van der Waals surface area contributed by atoms with E-state index in [9.17, 15) is 12.8 Å². The Morgan fingerprint density at radius 3 is 2.72 bits per heavy atom. The van der Waals surface area contributed by atoms with Gasteiger partial charge in [-0.1, -0.05) is 0 Å². The highest BCUT2D eigenvalue weighted by molar-refractivity contribution is 9.10. The van der Waals surface area contributed by atoms with E-state index in [-0.39, 0.29) is 5.82 Å². The predicted molar refractivity (Wildman–Crippen MR) is 97.9 cm³/mol. The molecule has 1 aromatic heterocycles. The molecule has 2 aromatic rings. The van der Waals surface area contributed by atoms with E-state index < -0.39 is 10.2 Å². The van der Waals surface area contributed by atoms with E-state index in [4.69, 9.17) is 5.14 Å². The third-order valence-corrected chi connectivity index (χ3v) is 5.64. The zero-order valence-corrected chi connectivity index (χ0v) is 15.9. The fourth-order valence-electron chi connectivity index (χ4n) is 3.13. The molecule has 1 aliphatic heterocycles. The van der Waals surface area contributed by atoms with Crippen molar-refractivity contribution in [3.8, 4) is 0 Å². The third-order valence-electron chi connectivity index (χ3n) is 4.43. The molecule has 2 heterocycles. The maximum absolute atomic E-state index is 13.7. The predicted octanol–water partition coefficient (Wildman–Crippen LogP) is 1.93. The molecule has 136 valence electrons. The second kappa shape index (κ2) is 7.48. The van der Waals surface area contributed by atoms with Crippen LogP contribution in [0.2, 0.25) is 0 Å². The van der Waals surface area contributed by atoms with E-state index in [1.165, 1.54) is 12.4 Å². The van der Waals surface area contributed by atoms with Gasteiger partial charge in [-0.3, -0.25) is 0 Å². The Hall–Kier alpha value is -1.36. The van der Waals surface area contributed by atoms with Crippen LogP contribution < -0.4 is 14.8 Å². The number of piperidine rings is 1. The summed E-state index contributed by atoms with van der Waals surface area (Å²) in [5.74, 6) is 0.882. The number of halogens is 2. The number of aromatic nitrogens is 2. The van der Waals surface area contributed by atoms with Crippen molar-refractivity contribution in [1.29, 1.82) is 0 Å². The van der Waals surface area contributed by atoms with E-state index in [2.05, 4.69) is 35.5 Å². The van der Waals surface area contributed by atoms with Gasteiger partial charge in [0.05, 0.1) is 9.99 Å². The largest absolute Gasteiger partial charge is 0.356 e. The minimum Gasteiger partial charge on any atom is -0.356 e. The van der Waals surface area contributed by atoms with Crippen LogP contribution in [0.25, 0.3) is 10.9 Å². The maximum Gasteiger partial charge on any atom is 0.274 e. The van der Waals surface area contributed by atoms with Gasteiger partial charge in [0.15, 0.2) is 0 Å². The molecule has 0 aliphatic carbocycles. The van der Waals surface area contributed by atoms with Crippen LogP contribution in [0.3, 0.4) is 0 Å². The van der Waals surface area contributed by atoms with E-state index in [0.717, 1.165) is 43.6 Å². The minimum atomic E-state index is -3.62. The van der Waals surface area contributed by atoms with Crippen LogP contribution in [0, 0.1) is 11.7 Å². The molecule has 0 saturated carbocycles. The highest BCUT2D eigenvalue weighted by Crippen LogP contribution is 2.31. The molecule has 1 aliphatic rings. The summed E-state index contributed by atoms with van der Waals surface area (Å²) in [4.78, 5) is 10.7. The molecule has 3 N–H and O–H groups in total. The van der Waals surface area contributed by atoms with Crippen LogP contribution in [-0.4, -0.2) is 38.0 Å². The number of fused-ring (bicyclic) bond motifs is 1. The highest BCUT2D eigenvalue weighted by atomic mass is 79.9. The summed E-state index contributed by atoms with van der Waals surface area (Å²) in [5.41, 5.74) is 0.574. The van der Waals surface area contributed by atoms with Crippen molar-refractivity contribution in [3.05, 3.63) is 28.7 Å². The van der Waals surface area contributed by atoms with Crippen molar-refractivity contribution in [3.63, 3.8) is 0 Å². The summed E-state index contributed by atoms with van der Waals surface area (Å²) in [6.45, 7) is 1.97. The van der Waals surface area contributed by atoms with Crippen LogP contribution in [0.4, 0.5) is 10.2 Å². The molecule has 3 rings (SSSR count). The van der Waals surface area contributed by atoms with Crippen LogP contribution in [0.15, 0.2) is 22.9 Å². The van der Waals surface area contributed by atoms with Crippen molar-refractivity contribution >= 4 is 42.9 Å². The average Bonchev–Trinajstić information content (AvgIpc) is 2.55. The molecular formula is C15H19BrFN5O2S. The van der Waals surface area contributed by atoms with Gasteiger partial charge in [0, 0.05) is 31.1 Å². The van der Waals surface area contributed by atoms with E-state index in [1.54, 1.807) is 6.07 Å². The van der Waals surface area contributed by atoms with Crippen molar-refractivity contribution in [2.45, 2.75) is 19.3 Å². The van der Waals surface area contributed by atoms with Crippen LogP contribution in [0.5, 0.6) is 0 Å². The number of anilines is 1. The Labute approximate surface area is 154 Å². The minimum absolute atomic E-state index is 0.349. The number of hydrogen-bond acceptors (Lipinski definition) is 5. The number of nitrogens with zero attached hydrogens (tertiary/aromatic N) is 3. The van der Waals surface area contributed by atoms with E-state index in [1.807, 2.05) is 0 Å². The first-order valence-electron chi connectivity index (χ1n) is 7.95. The molecular weight excluding hydrogens is 413 g/mol. The molecule has 0 amide bonds. The molecule has 0 unspecified atom stereocenters. The molecule has 1 saturated heterocycles. The van der Waals surface area contributed by atoms with Crippen molar-refractivity contribution in [1.82, 2.24) is 14.7 Å². The van der Waals surface area contributed by atoms with Gasteiger partial charge in [0.2, 0.25) is 0 Å². The quantitative estimate of drug-likeness (QED) is 0.752. The summed E-state index contributed by atoms with van der Waals surface area (Å²) in [6.07, 6.45) is 4.07. The molecule has 0 radical (unpaired) electrons. The normalized spacial score (nSPS) is 16.5. The number of hydrogen-bond donors (Lipinski definition) is 2. The second-order valence-electron chi connectivity index (χ2n) is 6.14. The van der Waals surface area contributed by atoms with Crippen molar-refractivity contribution in [2.75, 3.05) is 24.5 Å². The smallest absolute Gasteiger partial charge is 0.274 e. The fraction of sp³-hybridized carbons (Fsp3) is 0.467. The number of benzene rings is 1. The lowest BCUT2D eigenvalue weighted by molar-refractivity contribution is 0.381. The SMILES string of the molecule is NS(=O)(=O)NCCC1CCN(c2ncnc3cc(F)c(Br)cc23)CC1. The first-order chi connectivity index (χ1) is 11.8. The molecule has 7 nitrogen and oxygen atoms in total.